The predicted molar refractivity (Wildman–Crippen MR) is 75.5 cm³/mol. The number of benzene rings is 1. The third kappa shape index (κ3) is 3.14. The third-order valence-corrected chi connectivity index (χ3v) is 3.52. The van der Waals surface area contributed by atoms with Crippen molar-refractivity contribution in [2.45, 2.75) is 25.8 Å². The Kier molecular flexibility index (Phi) is 4.68. The Morgan fingerprint density at radius 1 is 1.45 bits per heavy atom. The summed E-state index contributed by atoms with van der Waals surface area (Å²) < 4.78 is 0. The van der Waals surface area contributed by atoms with E-state index in [4.69, 9.17) is 0 Å². The summed E-state index contributed by atoms with van der Waals surface area (Å²) in [6, 6.07) is 6.66. The average molecular weight is 277 g/mol. The van der Waals surface area contributed by atoms with E-state index in [0.717, 1.165) is 19.5 Å². The van der Waals surface area contributed by atoms with Crippen molar-refractivity contribution in [2.24, 2.45) is 0 Å². The van der Waals surface area contributed by atoms with Gasteiger partial charge in [0.05, 0.1) is 17.4 Å². The molecule has 0 spiro atoms. The molecule has 1 heterocycles. The number of nitrogens with one attached hydrogen (secondary N) is 1. The zero-order valence-electron chi connectivity index (χ0n) is 11.5. The van der Waals surface area contributed by atoms with Crippen molar-refractivity contribution in [1.29, 1.82) is 0 Å². The molecular weight excluding hydrogens is 258 g/mol. The summed E-state index contributed by atoms with van der Waals surface area (Å²) in [7, 11) is 0. The first-order chi connectivity index (χ1) is 9.63. The highest BCUT2D eigenvalue weighted by Crippen LogP contribution is 2.19. The van der Waals surface area contributed by atoms with Gasteiger partial charge in [0, 0.05) is 31.3 Å². The lowest BCUT2D eigenvalue weighted by Gasteiger charge is -2.38. The first kappa shape index (κ1) is 14.5. The number of hydrogen-bond acceptors (Lipinski definition) is 4. The summed E-state index contributed by atoms with van der Waals surface area (Å²) in [5.74, 6) is -0.0346. The van der Waals surface area contributed by atoms with Crippen molar-refractivity contribution in [3.05, 3.63) is 39.9 Å². The van der Waals surface area contributed by atoms with Gasteiger partial charge in [0.1, 0.15) is 0 Å². The van der Waals surface area contributed by atoms with Crippen molar-refractivity contribution in [3.63, 3.8) is 0 Å². The largest absolute Gasteiger partial charge is 0.337 e. The minimum absolute atomic E-state index is 0.0176. The molecule has 6 heteroatoms. The molecule has 1 aromatic rings. The van der Waals surface area contributed by atoms with Crippen molar-refractivity contribution in [1.82, 2.24) is 10.2 Å². The number of nitro groups is 1. The molecule has 1 fully saturated rings. The summed E-state index contributed by atoms with van der Waals surface area (Å²) in [6.45, 7) is 4.34. The van der Waals surface area contributed by atoms with Gasteiger partial charge in [0.15, 0.2) is 0 Å². The topological polar surface area (TPSA) is 75.5 Å². The second kappa shape index (κ2) is 6.47. The van der Waals surface area contributed by atoms with Crippen molar-refractivity contribution in [2.75, 3.05) is 19.6 Å². The predicted octanol–water partition coefficient (Wildman–Crippen LogP) is 1.35. The van der Waals surface area contributed by atoms with E-state index in [1.807, 2.05) is 11.8 Å². The molecule has 0 bridgehead atoms. The molecule has 6 nitrogen and oxygen atoms in total. The van der Waals surface area contributed by atoms with Crippen LogP contribution in [0, 0.1) is 10.1 Å². The second-order valence-electron chi connectivity index (χ2n) is 4.96. The van der Waals surface area contributed by atoms with Crippen LogP contribution in [0.1, 0.15) is 18.9 Å². The molecule has 1 amide bonds. The number of para-hydroxylation sites is 1. The summed E-state index contributed by atoms with van der Waals surface area (Å²) in [5.41, 5.74) is 0.500. The first-order valence-electron chi connectivity index (χ1n) is 6.86. The van der Waals surface area contributed by atoms with Gasteiger partial charge in [0.25, 0.3) is 5.69 Å². The lowest BCUT2D eigenvalue weighted by molar-refractivity contribution is -0.385. The van der Waals surface area contributed by atoms with Gasteiger partial charge < -0.3 is 10.2 Å². The zero-order chi connectivity index (χ0) is 14.5. The Morgan fingerprint density at radius 2 is 2.15 bits per heavy atom. The van der Waals surface area contributed by atoms with E-state index >= 15 is 0 Å². The van der Waals surface area contributed by atoms with E-state index in [1.54, 1.807) is 18.2 Å². The van der Waals surface area contributed by atoms with Crippen LogP contribution in [-0.4, -0.2) is 41.4 Å². The van der Waals surface area contributed by atoms with Gasteiger partial charge in [-0.15, -0.1) is 0 Å². The Labute approximate surface area is 117 Å². The third-order valence-electron chi connectivity index (χ3n) is 3.52. The maximum atomic E-state index is 12.4. The van der Waals surface area contributed by atoms with Crippen LogP contribution < -0.4 is 5.32 Å². The fraction of sp³-hybridized carbons (Fsp3) is 0.500. The molecule has 1 N–H and O–H groups in total. The number of hydrogen-bond donors (Lipinski definition) is 1. The Morgan fingerprint density at radius 3 is 2.70 bits per heavy atom. The van der Waals surface area contributed by atoms with Gasteiger partial charge >= 0.3 is 0 Å². The van der Waals surface area contributed by atoms with Crippen LogP contribution in [0.25, 0.3) is 0 Å². The van der Waals surface area contributed by atoms with Gasteiger partial charge in [-0.1, -0.05) is 25.1 Å². The molecule has 1 aliphatic heterocycles. The molecule has 0 saturated carbocycles. The van der Waals surface area contributed by atoms with E-state index in [9.17, 15) is 14.9 Å². The summed E-state index contributed by atoms with van der Waals surface area (Å²) in [4.78, 5) is 24.8. The monoisotopic (exact) mass is 277 g/mol. The van der Waals surface area contributed by atoms with E-state index in [-0.39, 0.29) is 24.1 Å². The van der Waals surface area contributed by atoms with Gasteiger partial charge in [-0.25, -0.2) is 0 Å². The van der Waals surface area contributed by atoms with Gasteiger partial charge in [-0.3, -0.25) is 14.9 Å². The lowest BCUT2D eigenvalue weighted by atomic mass is 10.1. The minimum atomic E-state index is -0.433. The molecule has 0 aliphatic carbocycles. The average Bonchev–Trinajstić information content (AvgIpc) is 2.36. The van der Waals surface area contributed by atoms with Crippen LogP contribution in [0.5, 0.6) is 0 Å². The lowest BCUT2D eigenvalue weighted by Crippen LogP contribution is -2.59. The maximum Gasteiger partial charge on any atom is 0.273 e. The van der Waals surface area contributed by atoms with Crippen molar-refractivity contribution >= 4 is 11.6 Å². The highest BCUT2D eigenvalue weighted by Gasteiger charge is 2.28. The Hall–Kier alpha value is -1.95. The van der Waals surface area contributed by atoms with Crippen molar-refractivity contribution in [3.8, 4) is 0 Å². The number of nitro benzene ring substituents is 1. The van der Waals surface area contributed by atoms with Gasteiger partial charge in [-0.05, 0) is 6.42 Å². The zero-order valence-corrected chi connectivity index (χ0v) is 11.5. The maximum absolute atomic E-state index is 12.4. The molecule has 1 aromatic carbocycles. The molecule has 1 saturated heterocycles. The number of rotatable bonds is 6. The fourth-order valence-electron chi connectivity index (χ4n) is 2.35. The van der Waals surface area contributed by atoms with Crippen LogP contribution in [0.2, 0.25) is 0 Å². The highest BCUT2D eigenvalue weighted by atomic mass is 16.6. The van der Waals surface area contributed by atoms with E-state index in [0.29, 0.717) is 12.1 Å². The molecule has 0 aromatic heterocycles. The smallest absolute Gasteiger partial charge is 0.273 e. The molecule has 2 rings (SSSR count). The normalized spacial score (nSPS) is 14.7. The van der Waals surface area contributed by atoms with Crippen molar-refractivity contribution < 1.29 is 9.72 Å². The highest BCUT2D eigenvalue weighted by molar-refractivity contribution is 5.80. The standard InChI is InChI=1S/C14H19N3O3/c1-2-7-16(12-9-15-10-12)14(18)8-11-5-3-4-6-13(11)17(19)20/h3-6,12,15H,2,7-10H2,1H3. The number of nitrogens with zero attached hydrogens (tertiary/aromatic N) is 2. The number of amides is 1. The van der Waals surface area contributed by atoms with Crippen LogP contribution in [0.4, 0.5) is 5.69 Å². The molecular formula is C14H19N3O3. The molecule has 0 atom stereocenters. The first-order valence-corrected chi connectivity index (χ1v) is 6.86. The van der Waals surface area contributed by atoms with Crippen LogP contribution in [-0.2, 0) is 11.2 Å². The molecule has 1 aliphatic rings. The second-order valence-corrected chi connectivity index (χ2v) is 4.96. The quantitative estimate of drug-likeness (QED) is 0.629. The number of carbonyl (C=O) groups excluding carboxylic acids is 1. The molecule has 0 unspecified atom stereocenters. The summed E-state index contributed by atoms with van der Waals surface area (Å²) in [6.07, 6.45) is 0.979. The molecule has 20 heavy (non-hydrogen) atoms. The van der Waals surface area contributed by atoms with E-state index in [2.05, 4.69) is 5.32 Å². The molecule has 0 radical (unpaired) electrons. The van der Waals surface area contributed by atoms with Crippen LogP contribution in [0.15, 0.2) is 24.3 Å². The summed E-state index contributed by atoms with van der Waals surface area (Å²) >= 11 is 0. The van der Waals surface area contributed by atoms with Gasteiger partial charge in [-0.2, -0.15) is 0 Å². The number of carbonyl (C=O) groups is 1. The Balaban J connectivity index is 2.11. The summed E-state index contributed by atoms with van der Waals surface area (Å²) in [5, 5.41) is 14.1. The van der Waals surface area contributed by atoms with Crippen LogP contribution in [0.3, 0.4) is 0 Å². The molecule has 108 valence electrons. The van der Waals surface area contributed by atoms with Crippen LogP contribution >= 0.6 is 0 Å². The SMILES string of the molecule is CCCN(C(=O)Cc1ccccc1[N+](=O)[O-])C1CNC1. The van der Waals surface area contributed by atoms with Gasteiger partial charge in [0.2, 0.25) is 5.91 Å². The minimum Gasteiger partial charge on any atom is -0.337 e. The van der Waals surface area contributed by atoms with E-state index in [1.165, 1.54) is 6.07 Å². The van der Waals surface area contributed by atoms with E-state index < -0.39 is 4.92 Å². The Bertz CT molecular complexity index is 500. The fourth-order valence-corrected chi connectivity index (χ4v) is 2.35.